The van der Waals surface area contributed by atoms with Gasteiger partial charge >= 0.3 is 5.97 Å². The van der Waals surface area contributed by atoms with Gasteiger partial charge in [-0.3, -0.25) is 19.2 Å². The summed E-state index contributed by atoms with van der Waals surface area (Å²) in [4.78, 5) is 49.1. The second-order valence-corrected chi connectivity index (χ2v) is 7.48. The topological polar surface area (TPSA) is 105 Å². The smallest absolute Gasteiger partial charge is 0.325 e. The SMILES string of the molecule is Cc1ccc(NC(=O)CN(C)C(=O)COC(=O)CNC(=O)c2ccc(Cl)cc2Cl)cc1. The number of nitrogens with one attached hydrogen (secondary N) is 2. The molecule has 0 bridgehead atoms. The Kier molecular flexibility index (Phi) is 8.84. The molecule has 0 saturated heterocycles. The summed E-state index contributed by atoms with van der Waals surface area (Å²) in [7, 11) is 1.41. The first-order valence-electron chi connectivity index (χ1n) is 9.15. The molecule has 0 fully saturated rings. The van der Waals surface area contributed by atoms with Gasteiger partial charge < -0.3 is 20.3 Å². The van der Waals surface area contributed by atoms with Crippen molar-refractivity contribution in [1.82, 2.24) is 10.2 Å². The van der Waals surface area contributed by atoms with Crippen LogP contribution in [0.25, 0.3) is 0 Å². The highest BCUT2D eigenvalue weighted by atomic mass is 35.5. The maximum atomic E-state index is 12.1. The Morgan fingerprint density at radius 1 is 1.03 bits per heavy atom. The Morgan fingerprint density at radius 2 is 1.71 bits per heavy atom. The summed E-state index contributed by atoms with van der Waals surface area (Å²) < 4.78 is 4.84. The van der Waals surface area contributed by atoms with Gasteiger partial charge in [-0.1, -0.05) is 40.9 Å². The zero-order chi connectivity index (χ0) is 23.0. The van der Waals surface area contributed by atoms with Gasteiger partial charge in [0.2, 0.25) is 5.91 Å². The first-order chi connectivity index (χ1) is 14.7. The average Bonchev–Trinajstić information content (AvgIpc) is 2.71. The molecular formula is C21H21Cl2N3O5. The summed E-state index contributed by atoms with van der Waals surface area (Å²) >= 11 is 11.7. The van der Waals surface area contributed by atoms with Crippen molar-refractivity contribution in [2.75, 3.05) is 32.1 Å². The number of nitrogens with zero attached hydrogens (tertiary/aromatic N) is 1. The number of amides is 3. The van der Waals surface area contributed by atoms with Gasteiger partial charge in [0.05, 0.1) is 17.1 Å². The molecule has 2 rings (SSSR count). The lowest BCUT2D eigenvalue weighted by Crippen LogP contribution is -2.38. The highest BCUT2D eigenvalue weighted by Gasteiger charge is 2.17. The number of rotatable bonds is 8. The third kappa shape index (κ3) is 7.92. The number of hydrogen-bond acceptors (Lipinski definition) is 5. The third-order valence-electron chi connectivity index (χ3n) is 4.07. The van der Waals surface area contributed by atoms with Crippen LogP contribution in [0, 0.1) is 6.92 Å². The molecule has 0 aromatic heterocycles. The minimum Gasteiger partial charge on any atom is -0.454 e. The molecule has 3 amide bonds. The number of likely N-dealkylation sites (N-methyl/N-ethyl adjacent to an activating group) is 1. The first kappa shape index (κ1) is 24.2. The van der Waals surface area contributed by atoms with Crippen LogP contribution in [0.1, 0.15) is 15.9 Å². The number of esters is 1. The minimum absolute atomic E-state index is 0.138. The van der Waals surface area contributed by atoms with Gasteiger partial charge in [-0.2, -0.15) is 0 Å². The van der Waals surface area contributed by atoms with Gasteiger partial charge in [-0.15, -0.1) is 0 Å². The van der Waals surface area contributed by atoms with Crippen LogP contribution in [0.15, 0.2) is 42.5 Å². The second kappa shape index (κ2) is 11.3. The number of aryl methyl sites for hydroxylation is 1. The minimum atomic E-state index is -0.815. The van der Waals surface area contributed by atoms with Crippen LogP contribution in [-0.4, -0.2) is 55.3 Å². The van der Waals surface area contributed by atoms with Crippen LogP contribution in [0.3, 0.4) is 0 Å². The first-order valence-corrected chi connectivity index (χ1v) is 9.90. The summed E-state index contributed by atoms with van der Waals surface area (Å²) in [5.74, 6) is -2.36. The van der Waals surface area contributed by atoms with E-state index in [9.17, 15) is 19.2 Å². The highest BCUT2D eigenvalue weighted by Crippen LogP contribution is 2.20. The Labute approximate surface area is 189 Å². The van der Waals surface area contributed by atoms with Gasteiger partial charge in [0.1, 0.15) is 6.54 Å². The number of hydrogen-bond donors (Lipinski definition) is 2. The summed E-state index contributed by atoms with van der Waals surface area (Å²) in [6.45, 7) is 0.696. The molecule has 0 aliphatic rings. The van der Waals surface area contributed by atoms with Crippen molar-refractivity contribution >= 4 is 52.6 Å². The van der Waals surface area contributed by atoms with E-state index < -0.39 is 36.8 Å². The maximum Gasteiger partial charge on any atom is 0.325 e. The third-order valence-corrected chi connectivity index (χ3v) is 4.62. The molecule has 10 heteroatoms. The van der Waals surface area contributed by atoms with E-state index in [1.54, 1.807) is 12.1 Å². The standard InChI is InChI=1S/C21H21Cl2N3O5/c1-13-3-6-15(7-4-13)25-18(27)11-26(2)19(28)12-31-20(29)10-24-21(30)16-8-5-14(22)9-17(16)23/h3-9H,10-12H2,1-2H3,(H,24,30)(H,25,27). The van der Waals surface area contributed by atoms with Crippen molar-refractivity contribution < 1.29 is 23.9 Å². The lowest BCUT2D eigenvalue weighted by Gasteiger charge is -2.17. The number of benzene rings is 2. The molecule has 2 N–H and O–H groups in total. The Morgan fingerprint density at radius 3 is 2.35 bits per heavy atom. The van der Waals surface area contributed by atoms with Crippen molar-refractivity contribution in [1.29, 1.82) is 0 Å². The number of halogens is 2. The normalized spacial score (nSPS) is 10.2. The zero-order valence-corrected chi connectivity index (χ0v) is 18.4. The quantitative estimate of drug-likeness (QED) is 0.583. The average molecular weight is 466 g/mol. The van der Waals surface area contributed by atoms with Crippen LogP contribution in [0.2, 0.25) is 10.0 Å². The van der Waals surface area contributed by atoms with E-state index in [0.29, 0.717) is 10.7 Å². The fourth-order valence-electron chi connectivity index (χ4n) is 2.37. The number of ether oxygens (including phenoxy) is 1. The van der Waals surface area contributed by atoms with Gasteiger partial charge in [-0.05, 0) is 37.3 Å². The molecule has 31 heavy (non-hydrogen) atoms. The Bertz CT molecular complexity index is 979. The number of anilines is 1. The fourth-order valence-corrected chi connectivity index (χ4v) is 2.86. The summed E-state index contributed by atoms with van der Waals surface area (Å²) in [6, 6.07) is 11.5. The lowest BCUT2D eigenvalue weighted by molar-refractivity contribution is -0.150. The molecule has 0 atom stereocenters. The zero-order valence-electron chi connectivity index (χ0n) is 16.9. The predicted molar refractivity (Wildman–Crippen MR) is 117 cm³/mol. The molecule has 0 aliphatic carbocycles. The van der Waals surface area contributed by atoms with E-state index in [4.69, 9.17) is 27.9 Å². The van der Waals surface area contributed by atoms with Crippen LogP contribution < -0.4 is 10.6 Å². The largest absolute Gasteiger partial charge is 0.454 e. The summed E-state index contributed by atoms with van der Waals surface area (Å²) in [5, 5.41) is 5.52. The Hall–Kier alpha value is -3.10. The highest BCUT2D eigenvalue weighted by molar-refractivity contribution is 6.36. The molecule has 0 spiro atoms. The van der Waals surface area contributed by atoms with E-state index in [0.717, 1.165) is 10.5 Å². The van der Waals surface area contributed by atoms with Crippen molar-refractivity contribution in [3.8, 4) is 0 Å². The molecule has 2 aromatic carbocycles. The molecule has 0 aliphatic heterocycles. The van der Waals surface area contributed by atoms with Gasteiger partial charge in [0.25, 0.3) is 11.8 Å². The monoisotopic (exact) mass is 465 g/mol. The van der Waals surface area contributed by atoms with Crippen molar-refractivity contribution in [3.63, 3.8) is 0 Å². The van der Waals surface area contributed by atoms with Crippen LogP contribution in [0.4, 0.5) is 5.69 Å². The predicted octanol–water partition coefficient (Wildman–Crippen LogP) is 2.67. The molecule has 0 radical (unpaired) electrons. The van der Waals surface area contributed by atoms with Crippen LogP contribution in [0.5, 0.6) is 0 Å². The number of carbonyl (C=O) groups is 4. The van der Waals surface area contributed by atoms with Crippen molar-refractivity contribution in [3.05, 3.63) is 63.6 Å². The summed E-state index contributed by atoms with van der Waals surface area (Å²) in [5.41, 5.74) is 1.81. The second-order valence-electron chi connectivity index (χ2n) is 6.63. The lowest BCUT2D eigenvalue weighted by atomic mass is 10.2. The molecule has 0 saturated carbocycles. The Balaban J connectivity index is 1.72. The summed E-state index contributed by atoms with van der Waals surface area (Å²) in [6.07, 6.45) is 0. The van der Waals surface area contributed by atoms with Crippen LogP contribution >= 0.6 is 23.2 Å². The van der Waals surface area contributed by atoms with E-state index in [2.05, 4.69) is 10.6 Å². The molecular weight excluding hydrogens is 445 g/mol. The van der Waals surface area contributed by atoms with Gasteiger partial charge in [0, 0.05) is 17.8 Å². The van der Waals surface area contributed by atoms with Crippen molar-refractivity contribution in [2.45, 2.75) is 6.92 Å². The van der Waals surface area contributed by atoms with E-state index in [1.807, 2.05) is 19.1 Å². The molecule has 2 aromatic rings. The van der Waals surface area contributed by atoms with Gasteiger partial charge in [-0.25, -0.2) is 0 Å². The van der Waals surface area contributed by atoms with Crippen LogP contribution in [-0.2, 0) is 19.1 Å². The van der Waals surface area contributed by atoms with Gasteiger partial charge in [0.15, 0.2) is 6.61 Å². The fraction of sp³-hybridized carbons (Fsp3) is 0.238. The molecule has 0 heterocycles. The molecule has 0 unspecified atom stereocenters. The molecule has 8 nitrogen and oxygen atoms in total. The van der Waals surface area contributed by atoms with E-state index in [-0.39, 0.29) is 17.1 Å². The van der Waals surface area contributed by atoms with E-state index >= 15 is 0 Å². The maximum absolute atomic E-state index is 12.1. The van der Waals surface area contributed by atoms with Crippen molar-refractivity contribution in [2.24, 2.45) is 0 Å². The number of carbonyl (C=O) groups excluding carboxylic acids is 4. The van der Waals surface area contributed by atoms with E-state index in [1.165, 1.54) is 25.2 Å². The molecule has 164 valence electrons.